The highest BCUT2D eigenvalue weighted by atomic mass is 32.1. The average Bonchev–Trinajstić information content (AvgIpc) is 3.28. The number of hydrogen-bond acceptors (Lipinski definition) is 5. The molecule has 0 aliphatic rings. The highest BCUT2D eigenvalue weighted by Crippen LogP contribution is 2.25. The van der Waals surface area contributed by atoms with Crippen molar-refractivity contribution in [3.8, 4) is 16.9 Å². The standard InChI is InChI=1S/C25H17FN4O2S/c1-15-27-21-5-3-2-4-20(21)24(32)30(15)19-12-8-17(9-13-19)23(31)29-25-28-22(14-33-25)16-6-10-18(26)11-7-16/h2-14H,1H3,(H,28,29,31). The molecule has 8 heteroatoms. The Morgan fingerprint density at radius 3 is 2.45 bits per heavy atom. The van der Waals surface area contributed by atoms with Gasteiger partial charge in [0.25, 0.3) is 11.5 Å². The minimum Gasteiger partial charge on any atom is -0.298 e. The quantitative estimate of drug-likeness (QED) is 0.403. The molecule has 0 radical (unpaired) electrons. The summed E-state index contributed by atoms with van der Waals surface area (Å²) in [6.07, 6.45) is 0. The molecule has 0 bridgehead atoms. The summed E-state index contributed by atoms with van der Waals surface area (Å²) in [5.74, 6) is -0.0721. The molecule has 0 aliphatic carbocycles. The molecule has 2 aromatic heterocycles. The van der Waals surface area contributed by atoms with Crippen LogP contribution < -0.4 is 10.9 Å². The summed E-state index contributed by atoms with van der Waals surface area (Å²) in [5.41, 5.74) is 2.96. The Morgan fingerprint density at radius 2 is 1.70 bits per heavy atom. The number of amides is 1. The van der Waals surface area contributed by atoms with E-state index in [-0.39, 0.29) is 17.3 Å². The number of halogens is 1. The molecular formula is C25H17FN4O2S. The van der Waals surface area contributed by atoms with Gasteiger partial charge in [0.2, 0.25) is 0 Å². The fraction of sp³-hybridized carbons (Fsp3) is 0.0400. The summed E-state index contributed by atoms with van der Waals surface area (Å²) in [5, 5.41) is 5.55. The number of thiazole rings is 1. The van der Waals surface area contributed by atoms with Gasteiger partial charge in [-0.1, -0.05) is 12.1 Å². The fourth-order valence-electron chi connectivity index (χ4n) is 3.56. The van der Waals surface area contributed by atoms with Gasteiger partial charge >= 0.3 is 0 Å². The van der Waals surface area contributed by atoms with E-state index in [1.807, 2.05) is 12.1 Å². The Kier molecular flexibility index (Phi) is 5.27. The van der Waals surface area contributed by atoms with Gasteiger partial charge in [0.15, 0.2) is 5.13 Å². The van der Waals surface area contributed by atoms with Crippen LogP contribution in [-0.4, -0.2) is 20.4 Å². The number of carbonyl (C=O) groups excluding carboxylic acids is 1. The first-order valence-electron chi connectivity index (χ1n) is 10.1. The molecule has 1 N–H and O–H groups in total. The zero-order valence-electron chi connectivity index (χ0n) is 17.4. The van der Waals surface area contributed by atoms with Crippen molar-refractivity contribution in [2.45, 2.75) is 6.92 Å². The number of hydrogen-bond donors (Lipinski definition) is 1. The van der Waals surface area contributed by atoms with E-state index < -0.39 is 0 Å². The lowest BCUT2D eigenvalue weighted by atomic mass is 10.2. The number of benzene rings is 3. The highest BCUT2D eigenvalue weighted by molar-refractivity contribution is 7.14. The van der Waals surface area contributed by atoms with Gasteiger partial charge < -0.3 is 0 Å². The number of para-hydroxylation sites is 1. The topological polar surface area (TPSA) is 76.9 Å². The van der Waals surface area contributed by atoms with Gasteiger partial charge in [-0.3, -0.25) is 19.5 Å². The van der Waals surface area contributed by atoms with Crippen LogP contribution in [0.25, 0.3) is 27.8 Å². The zero-order chi connectivity index (χ0) is 22.9. The molecule has 5 aromatic rings. The molecule has 5 rings (SSSR count). The first-order valence-corrected chi connectivity index (χ1v) is 11.0. The summed E-state index contributed by atoms with van der Waals surface area (Å²) in [4.78, 5) is 34.6. The van der Waals surface area contributed by atoms with Gasteiger partial charge in [-0.2, -0.15) is 0 Å². The average molecular weight is 457 g/mol. The number of fused-ring (bicyclic) bond motifs is 1. The molecular weight excluding hydrogens is 439 g/mol. The van der Waals surface area contributed by atoms with Crippen molar-refractivity contribution in [2.75, 3.05) is 5.32 Å². The predicted octanol–water partition coefficient (Wildman–Crippen LogP) is 5.21. The Labute approximate surface area is 192 Å². The molecule has 0 unspecified atom stereocenters. The summed E-state index contributed by atoms with van der Waals surface area (Å²) >= 11 is 1.29. The number of aromatic nitrogens is 3. The molecule has 3 aromatic carbocycles. The van der Waals surface area contributed by atoms with Crippen molar-refractivity contribution >= 4 is 33.3 Å². The van der Waals surface area contributed by atoms with Crippen LogP contribution in [0.1, 0.15) is 16.2 Å². The lowest BCUT2D eigenvalue weighted by Crippen LogP contribution is -2.22. The molecule has 162 valence electrons. The summed E-state index contributed by atoms with van der Waals surface area (Å²) in [6.45, 7) is 1.77. The monoisotopic (exact) mass is 456 g/mol. The van der Waals surface area contributed by atoms with E-state index in [2.05, 4.69) is 15.3 Å². The minimum absolute atomic E-state index is 0.161. The van der Waals surface area contributed by atoms with E-state index in [0.717, 1.165) is 5.56 Å². The van der Waals surface area contributed by atoms with Crippen LogP contribution in [0.5, 0.6) is 0 Å². The van der Waals surface area contributed by atoms with E-state index in [0.29, 0.717) is 38.8 Å². The third-order valence-electron chi connectivity index (χ3n) is 5.20. The van der Waals surface area contributed by atoms with Crippen molar-refractivity contribution in [1.29, 1.82) is 0 Å². The first-order chi connectivity index (χ1) is 16.0. The normalized spacial score (nSPS) is 11.0. The number of aryl methyl sites for hydroxylation is 1. The van der Waals surface area contributed by atoms with Crippen LogP contribution in [0.15, 0.2) is 83.0 Å². The van der Waals surface area contributed by atoms with Gasteiger partial charge in [-0.05, 0) is 67.6 Å². The van der Waals surface area contributed by atoms with Gasteiger partial charge in [-0.25, -0.2) is 14.4 Å². The summed E-state index contributed by atoms with van der Waals surface area (Å²) in [7, 11) is 0. The molecule has 6 nitrogen and oxygen atoms in total. The predicted molar refractivity (Wildman–Crippen MR) is 128 cm³/mol. The lowest BCUT2D eigenvalue weighted by molar-refractivity contribution is 0.102. The molecule has 0 aliphatic heterocycles. The molecule has 0 spiro atoms. The van der Waals surface area contributed by atoms with Crippen molar-refractivity contribution in [3.63, 3.8) is 0 Å². The maximum Gasteiger partial charge on any atom is 0.265 e. The maximum atomic E-state index is 13.1. The van der Waals surface area contributed by atoms with Crippen molar-refractivity contribution in [3.05, 3.63) is 106 Å². The zero-order valence-corrected chi connectivity index (χ0v) is 18.3. The Bertz CT molecular complexity index is 1540. The van der Waals surface area contributed by atoms with Crippen molar-refractivity contribution in [1.82, 2.24) is 14.5 Å². The van der Waals surface area contributed by atoms with Crippen LogP contribution in [0.4, 0.5) is 9.52 Å². The smallest absolute Gasteiger partial charge is 0.265 e. The summed E-state index contributed by atoms with van der Waals surface area (Å²) < 4.78 is 14.6. The second-order valence-corrected chi connectivity index (χ2v) is 8.22. The van der Waals surface area contributed by atoms with Crippen LogP contribution in [0.3, 0.4) is 0 Å². The third-order valence-corrected chi connectivity index (χ3v) is 5.95. The lowest BCUT2D eigenvalue weighted by Gasteiger charge is -2.11. The number of carbonyl (C=O) groups is 1. The van der Waals surface area contributed by atoms with E-state index in [1.54, 1.807) is 60.8 Å². The largest absolute Gasteiger partial charge is 0.298 e. The van der Waals surface area contributed by atoms with Gasteiger partial charge in [0.05, 0.1) is 22.3 Å². The third kappa shape index (κ3) is 4.04. The van der Waals surface area contributed by atoms with E-state index >= 15 is 0 Å². The number of nitrogens with zero attached hydrogens (tertiary/aromatic N) is 3. The highest BCUT2D eigenvalue weighted by Gasteiger charge is 2.13. The van der Waals surface area contributed by atoms with Gasteiger partial charge in [-0.15, -0.1) is 11.3 Å². The van der Waals surface area contributed by atoms with Crippen LogP contribution >= 0.6 is 11.3 Å². The minimum atomic E-state index is -0.317. The molecule has 0 fully saturated rings. The molecule has 33 heavy (non-hydrogen) atoms. The van der Waals surface area contributed by atoms with E-state index in [4.69, 9.17) is 0 Å². The SMILES string of the molecule is Cc1nc2ccccc2c(=O)n1-c1ccc(C(=O)Nc2nc(-c3ccc(F)cc3)cs2)cc1. The molecule has 0 atom stereocenters. The molecule has 0 saturated carbocycles. The fourth-order valence-corrected chi connectivity index (χ4v) is 4.28. The van der Waals surface area contributed by atoms with Crippen molar-refractivity contribution in [2.24, 2.45) is 0 Å². The Balaban J connectivity index is 1.37. The van der Waals surface area contributed by atoms with Crippen LogP contribution in [0, 0.1) is 12.7 Å². The summed E-state index contributed by atoms with van der Waals surface area (Å²) in [6, 6.07) is 19.9. The molecule has 2 heterocycles. The van der Waals surface area contributed by atoms with E-state index in [9.17, 15) is 14.0 Å². The van der Waals surface area contributed by atoms with Gasteiger partial charge in [0, 0.05) is 16.5 Å². The van der Waals surface area contributed by atoms with Crippen LogP contribution in [-0.2, 0) is 0 Å². The van der Waals surface area contributed by atoms with E-state index in [1.165, 1.54) is 28.0 Å². The second-order valence-electron chi connectivity index (χ2n) is 7.36. The number of anilines is 1. The maximum absolute atomic E-state index is 13.1. The second kappa shape index (κ2) is 8.40. The number of nitrogens with one attached hydrogen (secondary N) is 1. The van der Waals surface area contributed by atoms with Crippen LogP contribution in [0.2, 0.25) is 0 Å². The Morgan fingerprint density at radius 1 is 0.970 bits per heavy atom. The Hall–Kier alpha value is -4.17. The van der Waals surface area contributed by atoms with Crippen molar-refractivity contribution < 1.29 is 9.18 Å². The molecule has 1 amide bonds. The van der Waals surface area contributed by atoms with Gasteiger partial charge in [0.1, 0.15) is 11.6 Å². The number of rotatable bonds is 4. The first kappa shape index (κ1) is 20.7. The molecule has 0 saturated heterocycles.